The van der Waals surface area contributed by atoms with Crippen molar-refractivity contribution < 1.29 is 53.5 Å². The van der Waals surface area contributed by atoms with E-state index in [-0.39, 0.29) is 38.3 Å². The number of likely N-dealkylation sites (tertiary alicyclic amines) is 1. The molecule has 9 nitrogen and oxygen atoms in total. The SMILES string of the molecule is CC(=O)c1cn(CC(=O)N2C[C@H](F)C[C@H]2C(=O)NCc2cccc(Cl)c2F)c2cc(S(=O)(=O)NC(F)(F)C(F)(F)F)ccc12. The number of amides is 2. The first-order valence-corrected chi connectivity index (χ1v) is 14.4. The van der Waals surface area contributed by atoms with Gasteiger partial charge < -0.3 is 14.8 Å². The minimum atomic E-state index is -6.24. The number of rotatable bonds is 9. The molecule has 44 heavy (non-hydrogen) atoms. The molecular weight excluding hydrogens is 649 g/mol. The van der Waals surface area contributed by atoms with Crippen LogP contribution in [0.2, 0.25) is 5.02 Å². The lowest BCUT2D eigenvalue weighted by molar-refractivity contribution is -0.286. The van der Waals surface area contributed by atoms with Crippen molar-refractivity contribution in [1.29, 1.82) is 0 Å². The van der Waals surface area contributed by atoms with E-state index in [0.717, 1.165) is 28.7 Å². The molecule has 2 aromatic carbocycles. The molecule has 1 saturated heterocycles. The van der Waals surface area contributed by atoms with E-state index in [1.807, 2.05) is 0 Å². The predicted octanol–water partition coefficient (Wildman–Crippen LogP) is 4.33. The second-order valence-corrected chi connectivity index (χ2v) is 12.0. The molecule has 1 fully saturated rings. The van der Waals surface area contributed by atoms with Crippen LogP contribution in [0.4, 0.5) is 30.7 Å². The molecule has 0 saturated carbocycles. The molecule has 2 heterocycles. The summed E-state index contributed by atoms with van der Waals surface area (Å²) in [6.07, 6.45) is -7.14. The minimum absolute atomic E-state index is 0.0299. The summed E-state index contributed by atoms with van der Waals surface area (Å²) >= 11 is 5.73. The zero-order chi connectivity index (χ0) is 32.8. The summed E-state index contributed by atoms with van der Waals surface area (Å²) in [4.78, 5) is 38.2. The molecule has 2 amide bonds. The molecule has 3 aromatic rings. The largest absolute Gasteiger partial charge is 0.470 e. The Balaban J connectivity index is 1.61. The Hall–Kier alpha value is -3.70. The Morgan fingerprint density at radius 2 is 1.77 bits per heavy atom. The third-order valence-electron chi connectivity index (χ3n) is 6.83. The van der Waals surface area contributed by atoms with E-state index in [2.05, 4.69) is 5.32 Å². The van der Waals surface area contributed by atoms with Crippen LogP contribution in [-0.2, 0) is 32.7 Å². The topological polar surface area (TPSA) is 118 Å². The molecule has 238 valence electrons. The number of alkyl halides is 6. The van der Waals surface area contributed by atoms with Crippen molar-refractivity contribution in [2.45, 2.75) is 55.8 Å². The third kappa shape index (κ3) is 6.68. The van der Waals surface area contributed by atoms with Gasteiger partial charge in [0.1, 0.15) is 24.6 Å². The van der Waals surface area contributed by atoms with Gasteiger partial charge in [0.05, 0.1) is 22.0 Å². The number of carbonyl (C=O) groups is 3. The molecule has 2 atom stereocenters. The molecule has 0 unspecified atom stereocenters. The first kappa shape index (κ1) is 33.2. The number of nitrogens with zero attached hydrogens (tertiary/aromatic N) is 2. The van der Waals surface area contributed by atoms with Crippen LogP contribution in [0.1, 0.15) is 29.3 Å². The van der Waals surface area contributed by atoms with E-state index in [4.69, 9.17) is 11.6 Å². The van der Waals surface area contributed by atoms with Crippen molar-refractivity contribution in [3.8, 4) is 0 Å². The highest BCUT2D eigenvalue weighted by Crippen LogP contribution is 2.35. The van der Waals surface area contributed by atoms with Gasteiger partial charge in [0.15, 0.2) is 5.78 Å². The maximum Gasteiger partial charge on any atom is 0.470 e. The fourth-order valence-electron chi connectivity index (χ4n) is 4.67. The third-order valence-corrected chi connectivity index (χ3v) is 8.52. The number of benzene rings is 2. The van der Waals surface area contributed by atoms with Crippen LogP contribution in [0.15, 0.2) is 47.5 Å². The molecule has 0 radical (unpaired) electrons. The Kier molecular flexibility index (Phi) is 9.06. The highest BCUT2D eigenvalue weighted by atomic mass is 35.5. The number of ketones is 1. The maximum absolute atomic E-state index is 14.4. The van der Waals surface area contributed by atoms with Crippen LogP contribution in [0.25, 0.3) is 10.9 Å². The van der Waals surface area contributed by atoms with E-state index in [9.17, 15) is 53.5 Å². The van der Waals surface area contributed by atoms with Crippen LogP contribution in [0.3, 0.4) is 0 Å². The van der Waals surface area contributed by atoms with Crippen molar-refractivity contribution in [2.24, 2.45) is 0 Å². The summed E-state index contributed by atoms with van der Waals surface area (Å²) < 4.78 is 120. The predicted molar refractivity (Wildman–Crippen MR) is 142 cm³/mol. The van der Waals surface area contributed by atoms with Crippen LogP contribution in [0, 0.1) is 5.82 Å². The molecule has 1 aliphatic heterocycles. The number of fused-ring (bicyclic) bond motifs is 1. The highest BCUT2D eigenvalue weighted by Gasteiger charge is 2.60. The average molecular weight is 671 g/mol. The lowest BCUT2D eigenvalue weighted by atomic mass is 10.1. The van der Waals surface area contributed by atoms with Gasteiger partial charge in [-0.15, -0.1) is 4.72 Å². The summed E-state index contributed by atoms with van der Waals surface area (Å²) in [6, 6.07) is -0.665. The summed E-state index contributed by atoms with van der Waals surface area (Å²) in [5, 5.41) is 2.26. The van der Waals surface area contributed by atoms with E-state index < -0.39 is 82.3 Å². The standard InChI is InChI=1S/C26H22ClF7N4O5S/c1-13(39)18-11-37(20-8-16(5-6-17(18)20)44(42,43)36-26(33,34)25(30,31)32)12-22(40)38-10-15(28)7-21(38)24(41)35-9-14-3-2-4-19(27)23(14)29/h2-6,8,11,15,21,36H,7,9-10,12H2,1H3,(H,35,41)/t15-,21+/m1/s1. The van der Waals surface area contributed by atoms with Gasteiger partial charge in [-0.2, -0.15) is 22.0 Å². The number of hydrogen-bond acceptors (Lipinski definition) is 5. The summed E-state index contributed by atoms with van der Waals surface area (Å²) in [6.45, 7) is -0.423. The van der Waals surface area contributed by atoms with Crippen molar-refractivity contribution in [3.05, 3.63) is 64.6 Å². The quantitative estimate of drug-likeness (QED) is 0.200. The molecular formula is C26H22ClF7N4O5S. The first-order valence-electron chi connectivity index (χ1n) is 12.6. The van der Waals surface area contributed by atoms with Gasteiger partial charge in [-0.25, -0.2) is 17.2 Å². The van der Waals surface area contributed by atoms with Crippen molar-refractivity contribution in [1.82, 2.24) is 19.5 Å². The second kappa shape index (κ2) is 12.0. The molecule has 0 bridgehead atoms. The normalized spacial score (nSPS) is 17.7. The van der Waals surface area contributed by atoms with Gasteiger partial charge in [0.25, 0.3) is 0 Å². The lowest BCUT2D eigenvalue weighted by Gasteiger charge is -2.24. The fraction of sp³-hybridized carbons (Fsp3) is 0.346. The number of carbonyl (C=O) groups excluding carboxylic acids is 3. The number of Topliss-reactive ketones (excluding diaryl/α,β-unsaturated/α-hetero) is 1. The summed E-state index contributed by atoms with van der Waals surface area (Å²) in [5.74, 6) is -3.03. The lowest BCUT2D eigenvalue weighted by Crippen LogP contribution is -2.51. The molecule has 4 rings (SSSR count). The Labute approximate surface area is 250 Å². The van der Waals surface area contributed by atoms with E-state index in [0.29, 0.717) is 12.1 Å². The van der Waals surface area contributed by atoms with Gasteiger partial charge in [-0.1, -0.05) is 29.8 Å². The number of halogens is 8. The smallest absolute Gasteiger partial charge is 0.350 e. The number of aromatic nitrogens is 1. The number of nitrogens with one attached hydrogen (secondary N) is 2. The molecule has 2 N–H and O–H groups in total. The Morgan fingerprint density at radius 1 is 1.09 bits per heavy atom. The van der Waals surface area contributed by atoms with Crippen molar-refractivity contribution in [2.75, 3.05) is 6.54 Å². The second-order valence-electron chi connectivity index (χ2n) is 9.91. The van der Waals surface area contributed by atoms with Crippen LogP contribution in [-0.4, -0.2) is 66.5 Å². The number of sulfonamides is 1. The molecule has 1 aliphatic rings. The van der Waals surface area contributed by atoms with E-state index >= 15 is 0 Å². The molecule has 0 spiro atoms. The van der Waals surface area contributed by atoms with Crippen LogP contribution in [0.5, 0.6) is 0 Å². The van der Waals surface area contributed by atoms with Gasteiger partial charge >= 0.3 is 12.2 Å². The van der Waals surface area contributed by atoms with Gasteiger partial charge in [0, 0.05) is 35.7 Å². The van der Waals surface area contributed by atoms with Gasteiger partial charge in [-0.05, 0) is 25.1 Å². The van der Waals surface area contributed by atoms with Crippen molar-refractivity contribution >= 4 is 50.1 Å². The summed E-state index contributed by atoms with van der Waals surface area (Å²) in [7, 11) is -5.48. The van der Waals surface area contributed by atoms with Crippen LogP contribution < -0.4 is 10.0 Å². The van der Waals surface area contributed by atoms with E-state index in [1.54, 1.807) is 0 Å². The zero-order valence-corrected chi connectivity index (χ0v) is 24.0. The molecule has 1 aromatic heterocycles. The Morgan fingerprint density at radius 3 is 2.41 bits per heavy atom. The molecule has 0 aliphatic carbocycles. The van der Waals surface area contributed by atoms with Crippen LogP contribution >= 0.6 is 11.6 Å². The van der Waals surface area contributed by atoms with Gasteiger partial charge in [-0.3, -0.25) is 14.4 Å². The Bertz CT molecular complexity index is 1750. The monoisotopic (exact) mass is 670 g/mol. The maximum atomic E-state index is 14.4. The van der Waals surface area contributed by atoms with Crippen molar-refractivity contribution in [3.63, 3.8) is 0 Å². The molecule has 18 heteroatoms. The highest BCUT2D eigenvalue weighted by molar-refractivity contribution is 7.89. The minimum Gasteiger partial charge on any atom is -0.350 e. The average Bonchev–Trinajstić information content (AvgIpc) is 3.48. The zero-order valence-electron chi connectivity index (χ0n) is 22.4. The fourth-order valence-corrected chi connectivity index (χ4v) is 5.95. The first-order chi connectivity index (χ1) is 20.3. The summed E-state index contributed by atoms with van der Waals surface area (Å²) in [5.41, 5.74) is -0.231. The van der Waals surface area contributed by atoms with Gasteiger partial charge in [0.2, 0.25) is 21.8 Å². The van der Waals surface area contributed by atoms with E-state index in [1.165, 1.54) is 18.2 Å². The number of hydrogen-bond donors (Lipinski definition) is 2.